The standard InChI is InChI=1S/C17H12FNO4/c1-19-14-8-15(23-10-5-3-2-4-6-10)13(18)7-11(14)16(21)12(9-20)17(19)22/h2-9,21H,1H3. The maximum atomic E-state index is 14.2. The molecule has 0 atom stereocenters. The highest BCUT2D eigenvalue weighted by atomic mass is 19.1. The Morgan fingerprint density at radius 1 is 1.22 bits per heavy atom. The van der Waals surface area contributed by atoms with Crippen LogP contribution < -0.4 is 10.3 Å². The van der Waals surface area contributed by atoms with Crippen LogP contribution in [-0.2, 0) is 7.05 Å². The van der Waals surface area contributed by atoms with E-state index in [9.17, 15) is 19.1 Å². The van der Waals surface area contributed by atoms with Crippen molar-refractivity contribution in [2.24, 2.45) is 7.05 Å². The Morgan fingerprint density at radius 2 is 1.91 bits per heavy atom. The number of hydrogen-bond acceptors (Lipinski definition) is 4. The number of nitrogens with zero attached hydrogens (tertiary/aromatic N) is 1. The fourth-order valence-electron chi connectivity index (χ4n) is 2.35. The van der Waals surface area contributed by atoms with Crippen LogP contribution in [0.2, 0.25) is 0 Å². The Kier molecular flexibility index (Phi) is 3.57. The SMILES string of the molecule is Cn1c(=O)c(C=O)c(O)c2cc(F)c(Oc3ccccc3)cc21. The highest BCUT2D eigenvalue weighted by Gasteiger charge is 2.17. The Morgan fingerprint density at radius 3 is 2.57 bits per heavy atom. The second kappa shape index (κ2) is 5.57. The molecule has 1 N–H and O–H groups in total. The fourth-order valence-corrected chi connectivity index (χ4v) is 2.35. The molecule has 0 fully saturated rings. The number of ether oxygens (including phenoxy) is 1. The minimum atomic E-state index is -0.716. The number of aldehydes is 1. The molecule has 0 saturated carbocycles. The molecule has 5 nitrogen and oxygen atoms in total. The van der Waals surface area contributed by atoms with Gasteiger partial charge in [0.25, 0.3) is 5.56 Å². The smallest absolute Gasteiger partial charge is 0.265 e. The van der Waals surface area contributed by atoms with Crippen LogP contribution in [-0.4, -0.2) is 16.0 Å². The summed E-state index contributed by atoms with van der Waals surface area (Å²) in [5, 5.41) is 10.1. The monoisotopic (exact) mass is 313 g/mol. The van der Waals surface area contributed by atoms with Crippen molar-refractivity contribution in [3.05, 3.63) is 64.2 Å². The molecule has 0 spiro atoms. The van der Waals surface area contributed by atoms with Crippen LogP contribution in [0.4, 0.5) is 4.39 Å². The van der Waals surface area contributed by atoms with Crippen LogP contribution in [0, 0.1) is 5.82 Å². The highest BCUT2D eigenvalue weighted by molar-refractivity contribution is 5.94. The molecule has 3 aromatic rings. The molecule has 23 heavy (non-hydrogen) atoms. The largest absolute Gasteiger partial charge is 0.506 e. The third kappa shape index (κ3) is 2.44. The predicted molar refractivity (Wildman–Crippen MR) is 82.7 cm³/mol. The summed E-state index contributed by atoms with van der Waals surface area (Å²) < 4.78 is 20.9. The number of halogens is 1. The van der Waals surface area contributed by atoms with Gasteiger partial charge in [-0.25, -0.2) is 4.39 Å². The van der Waals surface area contributed by atoms with E-state index >= 15 is 0 Å². The third-order valence-electron chi connectivity index (χ3n) is 3.55. The number of para-hydroxylation sites is 1. The van der Waals surface area contributed by atoms with Crippen LogP contribution in [0.15, 0.2) is 47.3 Å². The number of aromatic nitrogens is 1. The van der Waals surface area contributed by atoms with E-state index in [1.807, 2.05) is 0 Å². The van der Waals surface area contributed by atoms with Crippen molar-refractivity contribution in [2.45, 2.75) is 0 Å². The predicted octanol–water partition coefficient (Wildman–Crippen LogP) is 2.99. The van der Waals surface area contributed by atoms with Gasteiger partial charge in [0, 0.05) is 18.5 Å². The number of aryl methyl sites for hydroxylation is 1. The van der Waals surface area contributed by atoms with Gasteiger partial charge in [-0.15, -0.1) is 0 Å². The van der Waals surface area contributed by atoms with E-state index in [4.69, 9.17) is 4.74 Å². The molecule has 0 aliphatic rings. The quantitative estimate of drug-likeness (QED) is 0.755. The zero-order valence-electron chi connectivity index (χ0n) is 12.1. The van der Waals surface area contributed by atoms with Crippen LogP contribution in [0.5, 0.6) is 17.2 Å². The van der Waals surface area contributed by atoms with E-state index < -0.39 is 22.7 Å². The summed E-state index contributed by atoms with van der Waals surface area (Å²) in [6.45, 7) is 0. The van der Waals surface area contributed by atoms with Gasteiger partial charge < -0.3 is 14.4 Å². The molecule has 0 saturated heterocycles. The Labute approximate surface area is 130 Å². The molecule has 0 unspecified atom stereocenters. The molecule has 0 amide bonds. The minimum absolute atomic E-state index is 0.0621. The average Bonchev–Trinajstić information content (AvgIpc) is 2.56. The van der Waals surface area contributed by atoms with E-state index in [0.29, 0.717) is 5.75 Å². The molecule has 6 heteroatoms. The van der Waals surface area contributed by atoms with Crippen molar-refractivity contribution >= 4 is 17.2 Å². The van der Waals surface area contributed by atoms with Gasteiger partial charge in [0.1, 0.15) is 17.1 Å². The van der Waals surface area contributed by atoms with Gasteiger partial charge in [0.05, 0.1) is 5.52 Å². The van der Waals surface area contributed by atoms with Gasteiger partial charge in [-0.05, 0) is 18.2 Å². The molecule has 1 aromatic heterocycles. The first-order valence-corrected chi connectivity index (χ1v) is 6.76. The van der Waals surface area contributed by atoms with Gasteiger partial charge >= 0.3 is 0 Å². The van der Waals surface area contributed by atoms with Gasteiger partial charge in [-0.3, -0.25) is 9.59 Å². The summed E-state index contributed by atoms with van der Waals surface area (Å²) in [7, 11) is 1.43. The van der Waals surface area contributed by atoms with Crippen molar-refractivity contribution in [1.82, 2.24) is 4.57 Å². The normalized spacial score (nSPS) is 10.7. The molecule has 116 valence electrons. The fraction of sp³-hybridized carbons (Fsp3) is 0.0588. The summed E-state index contributed by atoms with van der Waals surface area (Å²) in [6.07, 6.45) is 0.253. The summed E-state index contributed by atoms with van der Waals surface area (Å²) in [6, 6.07) is 11.0. The summed E-state index contributed by atoms with van der Waals surface area (Å²) in [4.78, 5) is 23.0. The molecule has 0 aliphatic carbocycles. The number of carbonyl (C=O) groups is 1. The number of fused-ring (bicyclic) bond motifs is 1. The number of pyridine rings is 1. The van der Waals surface area contributed by atoms with Gasteiger partial charge in [-0.1, -0.05) is 18.2 Å². The maximum absolute atomic E-state index is 14.2. The highest BCUT2D eigenvalue weighted by Crippen LogP contribution is 2.32. The summed E-state index contributed by atoms with van der Waals surface area (Å²) in [5.74, 6) is -0.906. The molecule has 0 aliphatic heterocycles. The molecular weight excluding hydrogens is 301 g/mol. The van der Waals surface area contributed by atoms with Crippen molar-refractivity contribution in [1.29, 1.82) is 0 Å². The van der Waals surface area contributed by atoms with Gasteiger partial charge in [0.2, 0.25) is 0 Å². The lowest BCUT2D eigenvalue weighted by Crippen LogP contribution is -2.21. The number of hydrogen-bond donors (Lipinski definition) is 1. The Balaban J connectivity index is 2.24. The van der Waals surface area contributed by atoms with E-state index in [-0.39, 0.29) is 22.9 Å². The van der Waals surface area contributed by atoms with Gasteiger partial charge in [-0.2, -0.15) is 0 Å². The van der Waals surface area contributed by atoms with Crippen molar-refractivity contribution in [2.75, 3.05) is 0 Å². The van der Waals surface area contributed by atoms with Crippen LogP contribution in [0.1, 0.15) is 10.4 Å². The molecule has 0 bridgehead atoms. The molecule has 2 aromatic carbocycles. The topological polar surface area (TPSA) is 68.5 Å². The van der Waals surface area contributed by atoms with E-state index in [1.54, 1.807) is 30.3 Å². The lowest BCUT2D eigenvalue weighted by atomic mass is 10.1. The maximum Gasteiger partial charge on any atom is 0.265 e. The number of rotatable bonds is 3. The minimum Gasteiger partial charge on any atom is -0.506 e. The van der Waals surface area contributed by atoms with E-state index in [0.717, 1.165) is 10.6 Å². The first-order chi connectivity index (χ1) is 11.0. The molecule has 3 rings (SSSR count). The van der Waals surface area contributed by atoms with Crippen molar-refractivity contribution in [3.8, 4) is 17.2 Å². The second-order valence-corrected chi connectivity index (χ2v) is 4.96. The van der Waals surface area contributed by atoms with E-state index in [2.05, 4.69) is 0 Å². The zero-order valence-corrected chi connectivity index (χ0v) is 12.1. The number of carbonyl (C=O) groups excluding carboxylic acids is 1. The zero-order chi connectivity index (χ0) is 16.6. The number of aromatic hydroxyl groups is 1. The Bertz CT molecular complexity index is 964. The summed E-state index contributed by atoms with van der Waals surface area (Å²) >= 11 is 0. The number of benzene rings is 2. The third-order valence-corrected chi connectivity index (χ3v) is 3.55. The summed E-state index contributed by atoms with van der Waals surface area (Å²) in [5.41, 5.74) is -0.816. The van der Waals surface area contributed by atoms with Crippen molar-refractivity contribution < 1.29 is 19.0 Å². The first kappa shape index (κ1) is 14.8. The molecular formula is C17H12FNO4. The lowest BCUT2D eigenvalue weighted by Gasteiger charge is -2.12. The Hall–Kier alpha value is -3.15. The van der Waals surface area contributed by atoms with Crippen LogP contribution in [0.25, 0.3) is 10.9 Å². The molecule has 0 radical (unpaired) electrons. The second-order valence-electron chi connectivity index (χ2n) is 4.96. The average molecular weight is 313 g/mol. The van der Waals surface area contributed by atoms with Crippen LogP contribution >= 0.6 is 0 Å². The molecule has 1 heterocycles. The lowest BCUT2D eigenvalue weighted by molar-refractivity contribution is 0.111. The van der Waals surface area contributed by atoms with E-state index in [1.165, 1.54) is 13.1 Å². The first-order valence-electron chi connectivity index (χ1n) is 6.76. The van der Waals surface area contributed by atoms with Gasteiger partial charge in [0.15, 0.2) is 17.9 Å². The van der Waals surface area contributed by atoms with Crippen molar-refractivity contribution in [3.63, 3.8) is 0 Å². The van der Waals surface area contributed by atoms with Crippen LogP contribution in [0.3, 0.4) is 0 Å².